The molecule has 116 valence electrons. The van der Waals surface area contributed by atoms with Crippen molar-refractivity contribution in [3.05, 3.63) is 58.6 Å². The molecule has 0 unspecified atom stereocenters. The topological polar surface area (TPSA) is 63.0 Å². The molecule has 6 heteroatoms. The molecular formula is C17H15ClN4O. The molecule has 0 saturated carbocycles. The number of nitrogens with zero attached hydrogens (tertiary/aromatic N) is 2. The fourth-order valence-corrected chi connectivity index (χ4v) is 2.89. The van der Waals surface area contributed by atoms with Gasteiger partial charge < -0.3 is 15.2 Å². The Morgan fingerprint density at radius 2 is 2.09 bits per heavy atom. The second-order valence-electron chi connectivity index (χ2n) is 5.47. The minimum absolute atomic E-state index is 0.365. The van der Waals surface area contributed by atoms with Crippen molar-refractivity contribution < 1.29 is 4.52 Å². The van der Waals surface area contributed by atoms with Crippen LogP contribution in [0, 0.1) is 0 Å². The van der Waals surface area contributed by atoms with E-state index in [4.69, 9.17) is 16.1 Å². The molecule has 1 aliphatic heterocycles. The first-order valence-electron chi connectivity index (χ1n) is 7.47. The van der Waals surface area contributed by atoms with Gasteiger partial charge in [0, 0.05) is 22.8 Å². The smallest absolute Gasteiger partial charge is 0.315 e. The van der Waals surface area contributed by atoms with E-state index in [-0.39, 0.29) is 0 Å². The van der Waals surface area contributed by atoms with Crippen LogP contribution in [-0.2, 0) is 13.0 Å². The Morgan fingerprint density at radius 1 is 1.13 bits per heavy atom. The molecule has 1 aromatic heterocycles. The number of hydrogen-bond donors (Lipinski definition) is 2. The monoisotopic (exact) mass is 326 g/mol. The Balaban J connectivity index is 1.56. The van der Waals surface area contributed by atoms with E-state index in [0.717, 1.165) is 30.8 Å². The van der Waals surface area contributed by atoms with Crippen molar-refractivity contribution in [3.63, 3.8) is 0 Å². The van der Waals surface area contributed by atoms with Gasteiger partial charge in [0.2, 0.25) is 5.82 Å². The summed E-state index contributed by atoms with van der Waals surface area (Å²) < 4.78 is 5.28. The summed E-state index contributed by atoms with van der Waals surface area (Å²) in [5.41, 5.74) is 4.45. The Morgan fingerprint density at radius 3 is 3.00 bits per heavy atom. The second kappa shape index (κ2) is 6.02. The Bertz CT molecular complexity index is 846. The van der Waals surface area contributed by atoms with Gasteiger partial charge in [-0.25, -0.2) is 0 Å². The zero-order valence-electron chi connectivity index (χ0n) is 12.3. The molecule has 5 nitrogen and oxygen atoms in total. The quantitative estimate of drug-likeness (QED) is 0.767. The summed E-state index contributed by atoms with van der Waals surface area (Å²) in [6.07, 6.45) is 1.06. The first-order chi connectivity index (χ1) is 11.3. The van der Waals surface area contributed by atoms with Crippen molar-refractivity contribution in [2.45, 2.75) is 13.0 Å². The minimum Gasteiger partial charge on any atom is -0.315 e. The second-order valence-corrected chi connectivity index (χ2v) is 5.91. The molecule has 3 aromatic rings. The number of hydrogen-bond acceptors (Lipinski definition) is 5. The van der Waals surface area contributed by atoms with Gasteiger partial charge in [0.05, 0.1) is 0 Å². The molecule has 0 radical (unpaired) electrons. The molecule has 23 heavy (non-hydrogen) atoms. The summed E-state index contributed by atoms with van der Waals surface area (Å²) in [6, 6.07) is 14.0. The highest BCUT2D eigenvalue weighted by atomic mass is 35.5. The third-order valence-electron chi connectivity index (χ3n) is 3.85. The van der Waals surface area contributed by atoms with Gasteiger partial charge in [0.1, 0.15) is 0 Å². The van der Waals surface area contributed by atoms with Crippen LogP contribution >= 0.6 is 11.6 Å². The van der Waals surface area contributed by atoms with Gasteiger partial charge in [-0.05, 0) is 48.4 Å². The van der Waals surface area contributed by atoms with Crippen LogP contribution in [0.15, 0.2) is 47.0 Å². The summed E-state index contributed by atoms with van der Waals surface area (Å²) in [7, 11) is 0. The Labute approximate surface area is 138 Å². The maximum Gasteiger partial charge on any atom is 0.326 e. The average Bonchev–Trinajstić information content (AvgIpc) is 3.03. The van der Waals surface area contributed by atoms with Crippen LogP contribution in [0.4, 0.5) is 11.7 Å². The van der Waals surface area contributed by atoms with Crippen molar-refractivity contribution in [2.75, 3.05) is 11.9 Å². The highest BCUT2D eigenvalue weighted by molar-refractivity contribution is 6.30. The van der Waals surface area contributed by atoms with E-state index in [0.29, 0.717) is 16.9 Å². The molecular weight excluding hydrogens is 312 g/mol. The highest BCUT2D eigenvalue weighted by Gasteiger charge is 2.12. The van der Waals surface area contributed by atoms with E-state index in [1.165, 1.54) is 11.1 Å². The first-order valence-corrected chi connectivity index (χ1v) is 7.85. The van der Waals surface area contributed by atoms with E-state index >= 15 is 0 Å². The van der Waals surface area contributed by atoms with Crippen LogP contribution in [0.3, 0.4) is 0 Å². The average molecular weight is 327 g/mol. The van der Waals surface area contributed by atoms with Crippen LogP contribution < -0.4 is 10.6 Å². The summed E-state index contributed by atoms with van der Waals surface area (Å²) in [4.78, 5) is 4.37. The van der Waals surface area contributed by atoms with E-state index in [1.54, 1.807) is 6.07 Å². The van der Waals surface area contributed by atoms with Crippen LogP contribution in [0.25, 0.3) is 11.4 Å². The molecule has 1 aliphatic rings. The zero-order chi connectivity index (χ0) is 15.6. The largest absolute Gasteiger partial charge is 0.326 e. The summed E-state index contributed by atoms with van der Waals surface area (Å²) in [5.74, 6) is 0.509. The van der Waals surface area contributed by atoms with Crippen molar-refractivity contribution in [1.29, 1.82) is 0 Å². The number of anilines is 2. The van der Waals surface area contributed by atoms with Crippen LogP contribution in [0.2, 0.25) is 5.02 Å². The van der Waals surface area contributed by atoms with Gasteiger partial charge in [-0.3, -0.25) is 0 Å². The van der Waals surface area contributed by atoms with Gasteiger partial charge in [0.25, 0.3) is 0 Å². The number of benzene rings is 2. The lowest BCUT2D eigenvalue weighted by atomic mass is 10.0. The Kier molecular flexibility index (Phi) is 3.73. The van der Waals surface area contributed by atoms with Gasteiger partial charge in [0.15, 0.2) is 0 Å². The molecule has 0 amide bonds. The predicted molar refractivity (Wildman–Crippen MR) is 89.9 cm³/mol. The minimum atomic E-state index is 0.365. The van der Waals surface area contributed by atoms with E-state index < -0.39 is 0 Å². The molecule has 2 N–H and O–H groups in total. The maximum atomic E-state index is 5.99. The van der Waals surface area contributed by atoms with E-state index in [9.17, 15) is 0 Å². The third-order valence-corrected chi connectivity index (χ3v) is 4.09. The molecule has 0 bridgehead atoms. The summed E-state index contributed by atoms with van der Waals surface area (Å²) in [6.45, 7) is 1.93. The molecule has 0 spiro atoms. The normalized spacial score (nSPS) is 13.6. The molecule has 0 atom stereocenters. The van der Waals surface area contributed by atoms with Crippen LogP contribution in [-0.4, -0.2) is 16.7 Å². The van der Waals surface area contributed by atoms with Crippen molar-refractivity contribution in [2.24, 2.45) is 0 Å². The number of fused-ring (bicyclic) bond motifs is 1. The van der Waals surface area contributed by atoms with Crippen LogP contribution in [0.5, 0.6) is 0 Å². The van der Waals surface area contributed by atoms with Crippen LogP contribution in [0.1, 0.15) is 11.1 Å². The van der Waals surface area contributed by atoms with Crippen molar-refractivity contribution in [1.82, 2.24) is 15.5 Å². The predicted octanol–water partition coefficient (Wildman–Crippen LogP) is 3.78. The lowest BCUT2D eigenvalue weighted by Gasteiger charge is -2.17. The van der Waals surface area contributed by atoms with E-state index in [2.05, 4.69) is 32.9 Å². The molecule has 4 rings (SSSR count). The van der Waals surface area contributed by atoms with E-state index in [1.807, 2.05) is 24.3 Å². The number of rotatable bonds is 3. The summed E-state index contributed by atoms with van der Waals surface area (Å²) >= 11 is 5.99. The van der Waals surface area contributed by atoms with Gasteiger partial charge in [-0.1, -0.05) is 35.0 Å². The third kappa shape index (κ3) is 3.06. The lowest BCUT2D eigenvalue weighted by Crippen LogP contribution is -2.23. The molecule has 0 saturated heterocycles. The fourth-order valence-electron chi connectivity index (χ4n) is 2.70. The SMILES string of the molecule is Clc1cccc(-c2noc(Nc3ccc4c(c3)CNCC4)n2)c1. The molecule has 0 aliphatic carbocycles. The standard InChI is InChI=1S/C17H15ClN4O/c18-14-3-1-2-12(8-14)16-21-17(23-22-16)20-15-5-4-11-6-7-19-10-13(11)9-15/h1-5,8-9,19H,6-7,10H2,(H,20,21,22). The fraction of sp³-hybridized carbons (Fsp3) is 0.176. The Hall–Kier alpha value is -2.37. The lowest BCUT2D eigenvalue weighted by molar-refractivity contribution is 0.435. The summed E-state index contributed by atoms with van der Waals surface area (Å²) in [5, 5.41) is 11.2. The first kappa shape index (κ1) is 14.2. The maximum absolute atomic E-state index is 5.99. The number of aromatic nitrogens is 2. The zero-order valence-corrected chi connectivity index (χ0v) is 13.1. The van der Waals surface area contributed by atoms with Crippen molar-refractivity contribution >= 4 is 23.3 Å². The van der Waals surface area contributed by atoms with Gasteiger partial charge >= 0.3 is 6.01 Å². The highest BCUT2D eigenvalue weighted by Crippen LogP contribution is 2.24. The number of nitrogens with one attached hydrogen (secondary N) is 2. The van der Waals surface area contributed by atoms with Crippen molar-refractivity contribution in [3.8, 4) is 11.4 Å². The number of halogens is 1. The molecule has 0 fully saturated rings. The van der Waals surface area contributed by atoms with Gasteiger partial charge in [-0.15, -0.1) is 0 Å². The molecule has 2 aromatic carbocycles. The van der Waals surface area contributed by atoms with Gasteiger partial charge in [-0.2, -0.15) is 4.98 Å². The molecule has 2 heterocycles.